The van der Waals surface area contributed by atoms with Gasteiger partial charge >= 0.3 is 0 Å². The maximum atomic E-state index is 12.1. The Bertz CT molecular complexity index is 402. The summed E-state index contributed by atoms with van der Waals surface area (Å²) in [6, 6.07) is 0. The van der Waals surface area contributed by atoms with Crippen LogP contribution in [0.25, 0.3) is 0 Å². The molecule has 0 aromatic rings. The summed E-state index contributed by atoms with van der Waals surface area (Å²) in [5.41, 5.74) is 0. The summed E-state index contributed by atoms with van der Waals surface area (Å²) >= 11 is 0. The van der Waals surface area contributed by atoms with Crippen LogP contribution in [0.3, 0.4) is 0 Å². The van der Waals surface area contributed by atoms with Crippen LogP contribution >= 0.6 is 0 Å². The Kier molecular flexibility index (Phi) is 8.36. The van der Waals surface area contributed by atoms with Crippen molar-refractivity contribution < 1.29 is 9.53 Å². The Morgan fingerprint density at radius 3 is 2.67 bits per heavy atom. The molecule has 2 aliphatic heterocycles. The fourth-order valence-electron chi connectivity index (χ4n) is 3.37. The number of hydrogen-bond acceptors (Lipinski definition) is 3. The van der Waals surface area contributed by atoms with Crippen molar-refractivity contribution in [1.82, 2.24) is 15.1 Å². The van der Waals surface area contributed by atoms with Crippen molar-refractivity contribution >= 4 is 11.9 Å². The minimum absolute atomic E-state index is 0.247. The molecule has 0 unspecified atom stereocenters. The van der Waals surface area contributed by atoms with E-state index in [1.807, 2.05) is 4.90 Å². The number of nitrogens with zero attached hydrogens (tertiary/aromatic N) is 3. The van der Waals surface area contributed by atoms with Gasteiger partial charge in [-0.1, -0.05) is 0 Å². The van der Waals surface area contributed by atoms with Gasteiger partial charge in [-0.3, -0.25) is 9.79 Å². The molecule has 0 bridgehead atoms. The molecule has 0 radical (unpaired) electrons. The standard InChI is InChI=1S/C18H34N4O2/c1-3-19-18(20-10-6-17(23)22-11-4-5-12-22)21(2)13-7-16-8-14-24-15-9-16/h16H,3-15H2,1-2H3,(H,19,20). The first-order valence-electron chi connectivity index (χ1n) is 9.55. The monoisotopic (exact) mass is 338 g/mol. The second kappa shape index (κ2) is 10.5. The largest absolute Gasteiger partial charge is 0.381 e. The molecule has 1 amide bonds. The molecule has 2 heterocycles. The lowest BCUT2D eigenvalue weighted by atomic mass is 9.96. The predicted octanol–water partition coefficient (Wildman–Crippen LogP) is 1.71. The number of rotatable bonds is 7. The van der Waals surface area contributed by atoms with E-state index >= 15 is 0 Å². The maximum absolute atomic E-state index is 12.1. The van der Waals surface area contributed by atoms with Crippen LogP contribution in [0, 0.1) is 5.92 Å². The Morgan fingerprint density at radius 1 is 1.29 bits per heavy atom. The Labute approximate surface area is 146 Å². The Hall–Kier alpha value is -1.30. The second-order valence-electron chi connectivity index (χ2n) is 6.84. The topological polar surface area (TPSA) is 57.2 Å². The van der Waals surface area contributed by atoms with Crippen LogP contribution in [-0.2, 0) is 9.53 Å². The van der Waals surface area contributed by atoms with E-state index in [0.29, 0.717) is 13.0 Å². The van der Waals surface area contributed by atoms with Gasteiger partial charge in [0.2, 0.25) is 5.91 Å². The number of aliphatic imine (C=N–C) groups is 1. The molecule has 0 aromatic heterocycles. The van der Waals surface area contributed by atoms with Gasteiger partial charge in [-0.2, -0.15) is 0 Å². The number of hydrogen-bond donors (Lipinski definition) is 1. The molecule has 138 valence electrons. The van der Waals surface area contributed by atoms with Gasteiger partial charge in [0.15, 0.2) is 5.96 Å². The fourth-order valence-corrected chi connectivity index (χ4v) is 3.37. The highest BCUT2D eigenvalue weighted by Crippen LogP contribution is 2.18. The zero-order valence-corrected chi connectivity index (χ0v) is 15.4. The van der Waals surface area contributed by atoms with E-state index in [0.717, 1.165) is 64.1 Å². The third-order valence-electron chi connectivity index (χ3n) is 4.96. The third-order valence-corrected chi connectivity index (χ3v) is 4.96. The molecule has 2 aliphatic rings. The van der Waals surface area contributed by atoms with Crippen LogP contribution < -0.4 is 5.32 Å². The summed E-state index contributed by atoms with van der Waals surface area (Å²) in [5.74, 6) is 1.93. The highest BCUT2D eigenvalue weighted by atomic mass is 16.5. The quantitative estimate of drug-likeness (QED) is 0.567. The van der Waals surface area contributed by atoms with E-state index in [4.69, 9.17) is 4.74 Å². The van der Waals surface area contributed by atoms with Gasteiger partial charge in [0.1, 0.15) is 0 Å². The van der Waals surface area contributed by atoms with Crippen molar-refractivity contribution in [2.75, 3.05) is 53.0 Å². The molecule has 2 saturated heterocycles. The molecule has 2 fully saturated rings. The SMILES string of the molecule is CCNC(=NCCC(=O)N1CCCC1)N(C)CCC1CCOCC1. The second-order valence-corrected chi connectivity index (χ2v) is 6.84. The molecule has 24 heavy (non-hydrogen) atoms. The van der Waals surface area contributed by atoms with Gasteiger partial charge in [-0.15, -0.1) is 0 Å². The van der Waals surface area contributed by atoms with Crippen LogP contribution in [0.4, 0.5) is 0 Å². The molecular formula is C18H34N4O2. The minimum Gasteiger partial charge on any atom is -0.381 e. The first-order valence-corrected chi connectivity index (χ1v) is 9.55. The van der Waals surface area contributed by atoms with Gasteiger partial charge in [0.25, 0.3) is 0 Å². The summed E-state index contributed by atoms with van der Waals surface area (Å²) in [7, 11) is 2.09. The minimum atomic E-state index is 0.247. The Balaban J connectivity index is 1.74. The molecular weight excluding hydrogens is 304 g/mol. The van der Waals surface area contributed by atoms with Crippen molar-refractivity contribution in [3.8, 4) is 0 Å². The van der Waals surface area contributed by atoms with Gasteiger partial charge < -0.3 is 19.9 Å². The molecule has 0 spiro atoms. The summed E-state index contributed by atoms with van der Waals surface area (Å²) < 4.78 is 5.42. The number of likely N-dealkylation sites (tertiary alicyclic amines) is 1. The van der Waals surface area contributed by atoms with E-state index in [1.165, 1.54) is 19.3 Å². The van der Waals surface area contributed by atoms with Crippen LogP contribution in [0.5, 0.6) is 0 Å². The molecule has 2 rings (SSSR count). The normalized spacial score (nSPS) is 19.6. The average Bonchev–Trinajstić information content (AvgIpc) is 3.14. The van der Waals surface area contributed by atoms with E-state index in [9.17, 15) is 4.79 Å². The van der Waals surface area contributed by atoms with Crippen LogP contribution in [0.1, 0.15) is 45.4 Å². The van der Waals surface area contributed by atoms with E-state index in [-0.39, 0.29) is 5.91 Å². The summed E-state index contributed by atoms with van der Waals surface area (Å²) in [5, 5.41) is 3.34. The van der Waals surface area contributed by atoms with Gasteiger partial charge in [-0.05, 0) is 44.9 Å². The zero-order chi connectivity index (χ0) is 17.2. The average molecular weight is 338 g/mol. The Morgan fingerprint density at radius 2 is 2.00 bits per heavy atom. The summed E-state index contributed by atoms with van der Waals surface area (Å²) in [6.07, 6.45) is 6.33. The van der Waals surface area contributed by atoms with Crippen LogP contribution in [0.2, 0.25) is 0 Å². The number of ether oxygens (including phenoxy) is 1. The first-order chi connectivity index (χ1) is 11.7. The van der Waals surface area contributed by atoms with Crippen molar-refractivity contribution in [3.63, 3.8) is 0 Å². The molecule has 0 saturated carbocycles. The molecule has 6 heteroatoms. The molecule has 1 N–H and O–H groups in total. The fraction of sp³-hybridized carbons (Fsp3) is 0.889. The van der Waals surface area contributed by atoms with E-state index in [1.54, 1.807) is 0 Å². The van der Waals surface area contributed by atoms with Crippen molar-refractivity contribution in [2.45, 2.75) is 45.4 Å². The lowest BCUT2D eigenvalue weighted by Gasteiger charge is -2.27. The number of carbonyl (C=O) groups excluding carboxylic acids is 1. The smallest absolute Gasteiger partial charge is 0.224 e. The number of amides is 1. The highest BCUT2D eigenvalue weighted by molar-refractivity contribution is 5.80. The van der Waals surface area contributed by atoms with Crippen molar-refractivity contribution in [1.29, 1.82) is 0 Å². The lowest BCUT2D eigenvalue weighted by Crippen LogP contribution is -2.40. The summed E-state index contributed by atoms with van der Waals surface area (Å²) in [4.78, 5) is 20.9. The first kappa shape index (κ1) is 19.0. The molecule has 0 aliphatic carbocycles. The number of guanidine groups is 1. The zero-order valence-electron chi connectivity index (χ0n) is 15.4. The van der Waals surface area contributed by atoms with Crippen LogP contribution in [-0.4, -0.2) is 74.7 Å². The number of nitrogens with one attached hydrogen (secondary N) is 1. The lowest BCUT2D eigenvalue weighted by molar-refractivity contribution is -0.129. The van der Waals surface area contributed by atoms with E-state index < -0.39 is 0 Å². The van der Waals surface area contributed by atoms with Gasteiger partial charge in [-0.25, -0.2) is 0 Å². The summed E-state index contributed by atoms with van der Waals surface area (Å²) in [6.45, 7) is 8.15. The van der Waals surface area contributed by atoms with Gasteiger partial charge in [0.05, 0.1) is 6.54 Å². The molecule has 0 aromatic carbocycles. The highest BCUT2D eigenvalue weighted by Gasteiger charge is 2.18. The molecule has 6 nitrogen and oxygen atoms in total. The van der Waals surface area contributed by atoms with E-state index in [2.05, 4.69) is 29.2 Å². The van der Waals surface area contributed by atoms with Crippen molar-refractivity contribution in [3.05, 3.63) is 0 Å². The van der Waals surface area contributed by atoms with Crippen LogP contribution in [0.15, 0.2) is 4.99 Å². The van der Waals surface area contributed by atoms with Crippen molar-refractivity contribution in [2.24, 2.45) is 10.9 Å². The third kappa shape index (κ3) is 6.30. The number of carbonyl (C=O) groups is 1. The predicted molar refractivity (Wildman–Crippen MR) is 97.2 cm³/mol. The maximum Gasteiger partial charge on any atom is 0.224 e. The van der Waals surface area contributed by atoms with Gasteiger partial charge in [0, 0.05) is 52.9 Å². The molecule has 0 atom stereocenters.